The zero-order chi connectivity index (χ0) is 21.5. The van der Waals surface area contributed by atoms with Gasteiger partial charge in [0.15, 0.2) is 0 Å². The second kappa shape index (κ2) is 9.31. The molecule has 0 aliphatic carbocycles. The average Bonchev–Trinajstić information content (AvgIpc) is 3.49. The summed E-state index contributed by atoms with van der Waals surface area (Å²) in [5.41, 5.74) is 5.17. The number of carbonyl (C=O) groups excluding carboxylic acids is 2. The van der Waals surface area contributed by atoms with Crippen molar-refractivity contribution >= 4 is 18.0 Å². The van der Waals surface area contributed by atoms with E-state index in [-0.39, 0.29) is 6.54 Å². The molecular weight excluding hydrogens is 396 g/mol. The second-order valence-electron chi connectivity index (χ2n) is 6.42. The molecule has 0 fully saturated rings. The van der Waals surface area contributed by atoms with E-state index in [1.165, 1.54) is 12.5 Å². The van der Waals surface area contributed by atoms with Crippen LogP contribution in [0.3, 0.4) is 0 Å². The molecule has 9 nitrogen and oxygen atoms in total. The predicted molar refractivity (Wildman–Crippen MR) is 113 cm³/mol. The first-order chi connectivity index (χ1) is 15.2. The fourth-order valence-electron chi connectivity index (χ4n) is 2.79. The number of para-hydroxylation sites is 1. The summed E-state index contributed by atoms with van der Waals surface area (Å²) in [6.45, 7) is 0.109. The number of hydrazone groups is 1. The van der Waals surface area contributed by atoms with Crippen LogP contribution in [-0.4, -0.2) is 32.8 Å². The van der Waals surface area contributed by atoms with Gasteiger partial charge >= 0.3 is 11.8 Å². The maximum Gasteiger partial charge on any atom is 0.329 e. The Hall–Kier alpha value is -4.53. The first-order valence-electron chi connectivity index (χ1n) is 9.40. The Bertz CT molecular complexity index is 1180. The van der Waals surface area contributed by atoms with Crippen LogP contribution in [0.15, 0.2) is 89.0 Å². The SMILES string of the molecule is O=C(NCc1ccco1)C(=O)N/N=C\c1cn(-c2ccccc2)nc1-c1cccnc1. The Morgan fingerprint density at radius 3 is 2.68 bits per heavy atom. The molecule has 0 spiro atoms. The smallest absolute Gasteiger partial charge is 0.329 e. The summed E-state index contributed by atoms with van der Waals surface area (Å²) in [5, 5.41) is 11.0. The predicted octanol–water partition coefficient (Wildman–Crippen LogP) is 2.29. The number of aromatic nitrogens is 3. The van der Waals surface area contributed by atoms with E-state index in [9.17, 15) is 9.59 Å². The van der Waals surface area contributed by atoms with Gasteiger partial charge in [-0.05, 0) is 36.4 Å². The van der Waals surface area contributed by atoms with Gasteiger partial charge in [-0.25, -0.2) is 10.1 Å². The van der Waals surface area contributed by atoms with Crippen molar-refractivity contribution in [3.05, 3.63) is 90.8 Å². The van der Waals surface area contributed by atoms with Crippen LogP contribution in [-0.2, 0) is 16.1 Å². The molecule has 3 heterocycles. The quantitative estimate of drug-likeness (QED) is 0.285. The lowest BCUT2D eigenvalue weighted by Crippen LogP contribution is -2.37. The Balaban J connectivity index is 1.49. The Kier molecular flexibility index (Phi) is 5.94. The van der Waals surface area contributed by atoms with Crippen LogP contribution in [0.2, 0.25) is 0 Å². The number of furan rings is 1. The summed E-state index contributed by atoms with van der Waals surface area (Å²) >= 11 is 0. The molecule has 2 amide bonds. The van der Waals surface area contributed by atoms with Crippen molar-refractivity contribution in [2.45, 2.75) is 6.54 Å². The van der Waals surface area contributed by atoms with Crippen LogP contribution < -0.4 is 10.7 Å². The van der Waals surface area contributed by atoms with Gasteiger partial charge in [0.2, 0.25) is 0 Å². The number of nitrogens with one attached hydrogen (secondary N) is 2. The standard InChI is InChI=1S/C22H18N6O3/c29-21(24-14-19-9-5-11-31-19)22(30)26-25-13-17-15-28(18-7-2-1-3-8-18)27-20(17)16-6-4-10-23-12-16/h1-13,15H,14H2,(H,24,29)(H,26,30)/b25-13-. The van der Waals surface area contributed by atoms with E-state index in [1.54, 1.807) is 35.4 Å². The third kappa shape index (κ3) is 4.91. The molecule has 3 aromatic heterocycles. The highest BCUT2D eigenvalue weighted by molar-refractivity contribution is 6.35. The van der Waals surface area contributed by atoms with Crippen molar-refractivity contribution in [3.8, 4) is 16.9 Å². The number of hydrogen-bond donors (Lipinski definition) is 2. The third-order valence-electron chi connectivity index (χ3n) is 4.28. The minimum atomic E-state index is -0.888. The topological polar surface area (TPSA) is 114 Å². The molecule has 0 saturated carbocycles. The lowest BCUT2D eigenvalue weighted by molar-refractivity contribution is -0.139. The lowest BCUT2D eigenvalue weighted by atomic mass is 10.1. The number of nitrogens with zero attached hydrogens (tertiary/aromatic N) is 4. The van der Waals surface area contributed by atoms with E-state index in [0.717, 1.165) is 11.3 Å². The van der Waals surface area contributed by atoms with Gasteiger partial charge in [-0.15, -0.1) is 0 Å². The van der Waals surface area contributed by atoms with Crippen molar-refractivity contribution < 1.29 is 14.0 Å². The maximum atomic E-state index is 12.0. The number of hydrogen-bond acceptors (Lipinski definition) is 6. The minimum absolute atomic E-state index is 0.109. The van der Waals surface area contributed by atoms with Crippen molar-refractivity contribution in [2.75, 3.05) is 0 Å². The van der Waals surface area contributed by atoms with Crippen LogP contribution >= 0.6 is 0 Å². The number of rotatable bonds is 6. The van der Waals surface area contributed by atoms with Crippen molar-refractivity contribution in [1.82, 2.24) is 25.5 Å². The van der Waals surface area contributed by atoms with Gasteiger partial charge in [0.25, 0.3) is 0 Å². The zero-order valence-corrected chi connectivity index (χ0v) is 16.3. The van der Waals surface area contributed by atoms with E-state index < -0.39 is 11.8 Å². The molecule has 0 bridgehead atoms. The Morgan fingerprint density at radius 2 is 1.94 bits per heavy atom. The lowest BCUT2D eigenvalue weighted by Gasteiger charge is -2.01. The van der Waals surface area contributed by atoms with Crippen LogP contribution in [0, 0.1) is 0 Å². The highest BCUT2D eigenvalue weighted by Gasteiger charge is 2.14. The van der Waals surface area contributed by atoms with Crippen LogP contribution in [0.25, 0.3) is 16.9 Å². The van der Waals surface area contributed by atoms with E-state index in [2.05, 4.69) is 25.9 Å². The summed E-state index contributed by atoms with van der Waals surface area (Å²) in [6.07, 6.45) is 8.07. The van der Waals surface area contributed by atoms with Crippen LogP contribution in [0.4, 0.5) is 0 Å². The van der Waals surface area contributed by atoms with Gasteiger partial charge in [-0.2, -0.15) is 10.2 Å². The highest BCUT2D eigenvalue weighted by Crippen LogP contribution is 2.21. The van der Waals surface area contributed by atoms with E-state index >= 15 is 0 Å². The summed E-state index contributed by atoms with van der Waals surface area (Å²) in [5.74, 6) is -1.17. The van der Waals surface area contributed by atoms with Gasteiger partial charge < -0.3 is 9.73 Å². The molecule has 154 valence electrons. The monoisotopic (exact) mass is 414 g/mol. The van der Waals surface area contributed by atoms with Crippen molar-refractivity contribution in [1.29, 1.82) is 0 Å². The molecule has 0 radical (unpaired) electrons. The second-order valence-corrected chi connectivity index (χ2v) is 6.42. The minimum Gasteiger partial charge on any atom is -0.467 e. The fourth-order valence-corrected chi connectivity index (χ4v) is 2.79. The largest absolute Gasteiger partial charge is 0.467 e. The van der Waals surface area contributed by atoms with E-state index in [0.29, 0.717) is 17.0 Å². The molecule has 0 unspecified atom stereocenters. The molecular formula is C22H18N6O3. The number of pyridine rings is 1. The van der Waals surface area contributed by atoms with Crippen molar-refractivity contribution in [2.24, 2.45) is 5.10 Å². The molecule has 4 aromatic rings. The van der Waals surface area contributed by atoms with Crippen LogP contribution in [0.1, 0.15) is 11.3 Å². The number of benzene rings is 1. The van der Waals surface area contributed by atoms with Gasteiger partial charge in [-0.3, -0.25) is 14.6 Å². The zero-order valence-electron chi connectivity index (χ0n) is 16.3. The molecule has 0 saturated heterocycles. The summed E-state index contributed by atoms with van der Waals surface area (Å²) in [4.78, 5) is 28.0. The molecule has 1 aromatic carbocycles. The first kappa shape index (κ1) is 19.8. The van der Waals surface area contributed by atoms with Gasteiger partial charge in [0.05, 0.1) is 24.7 Å². The highest BCUT2D eigenvalue weighted by atomic mass is 16.3. The number of carbonyl (C=O) groups is 2. The van der Waals surface area contributed by atoms with E-state index in [4.69, 9.17) is 4.42 Å². The molecule has 9 heteroatoms. The molecule has 31 heavy (non-hydrogen) atoms. The van der Waals surface area contributed by atoms with E-state index in [1.807, 2.05) is 42.5 Å². The normalized spacial score (nSPS) is 10.8. The molecule has 2 N–H and O–H groups in total. The molecule has 0 aliphatic heterocycles. The summed E-state index contributed by atoms with van der Waals surface area (Å²) in [6, 6.07) is 16.7. The molecule has 0 atom stereocenters. The molecule has 4 rings (SSSR count). The van der Waals surface area contributed by atoms with Crippen LogP contribution in [0.5, 0.6) is 0 Å². The Labute approximate surface area is 177 Å². The van der Waals surface area contributed by atoms with Gasteiger partial charge in [0.1, 0.15) is 11.5 Å². The van der Waals surface area contributed by atoms with Gasteiger partial charge in [0, 0.05) is 29.7 Å². The van der Waals surface area contributed by atoms with Gasteiger partial charge in [-0.1, -0.05) is 18.2 Å². The van der Waals surface area contributed by atoms with Crippen molar-refractivity contribution in [3.63, 3.8) is 0 Å². The first-order valence-corrected chi connectivity index (χ1v) is 9.40. The fraction of sp³-hybridized carbons (Fsp3) is 0.0455. The molecule has 0 aliphatic rings. The Morgan fingerprint density at radius 1 is 1.06 bits per heavy atom. The number of amides is 2. The maximum absolute atomic E-state index is 12.0. The third-order valence-corrected chi connectivity index (χ3v) is 4.28. The summed E-state index contributed by atoms with van der Waals surface area (Å²) in [7, 11) is 0. The average molecular weight is 414 g/mol. The summed E-state index contributed by atoms with van der Waals surface area (Å²) < 4.78 is 6.82.